The highest BCUT2D eigenvalue weighted by Gasteiger charge is 2.12. The van der Waals surface area contributed by atoms with Crippen LogP contribution in [0.25, 0.3) is 0 Å². The van der Waals surface area contributed by atoms with Crippen LogP contribution in [0.15, 0.2) is 0 Å². The van der Waals surface area contributed by atoms with Gasteiger partial charge in [-0.3, -0.25) is 0 Å². The fourth-order valence-corrected chi connectivity index (χ4v) is 2.22. The third kappa shape index (κ3) is 6.39. The monoisotopic (exact) mass is 203 g/mol. The molecule has 2 heteroatoms. The summed E-state index contributed by atoms with van der Waals surface area (Å²) in [5.41, 5.74) is 0. The van der Waals surface area contributed by atoms with Gasteiger partial charge >= 0.3 is 0 Å². The van der Waals surface area contributed by atoms with E-state index < -0.39 is 0 Å². The Bertz CT molecular complexity index is 106. The minimum absolute atomic E-state index is 0.729. The molecule has 0 amide bonds. The van der Waals surface area contributed by atoms with Gasteiger partial charge in [-0.2, -0.15) is 11.8 Å². The second-order valence-electron chi connectivity index (χ2n) is 3.68. The smallest absolute Gasteiger partial charge is 0.00899 e. The molecule has 2 atom stereocenters. The molecule has 0 radical (unpaired) electrons. The van der Waals surface area contributed by atoms with E-state index in [1.165, 1.54) is 25.0 Å². The van der Waals surface area contributed by atoms with Crippen molar-refractivity contribution in [3.05, 3.63) is 0 Å². The van der Waals surface area contributed by atoms with Gasteiger partial charge in [0.15, 0.2) is 0 Å². The molecule has 0 aliphatic carbocycles. The Labute approximate surface area is 88.1 Å². The summed E-state index contributed by atoms with van der Waals surface area (Å²) in [6, 6.07) is 0.729. The first kappa shape index (κ1) is 13.3. The van der Waals surface area contributed by atoms with E-state index in [-0.39, 0.29) is 0 Å². The van der Waals surface area contributed by atoms with Gasteiger partial charge in [0, 0.05) is 6.04 Å². The number of nitrogens with one attached hydrogen (secondary N) is 1. The quantitative estimate of drug-likeness (QED) is 0.608. The van der Waals surface area contributed by atoms with E-state index in [4.69, 9.17) is 0 Å². The summed E-state index contributed by atoms with van der Waals surface area (Å²) in [4.78, 5) is 0. The fraction of sp³-hybridized carbons (Fsp3) is 1.00. The Balaban J connectivity index is 3.57. The van der Waals surface area contributed by atoms with E-state index in [1.807, 2.05) is 11.8 Å². The van der Waals surface area contributed by atoms with Gasteiger partial charge in [-0.1, -0.05) is 20.8 Å². The molecule has 0 bridgehead atoms. The standard InChI is InChI=1S/C11H25NS/c1-5-11(12-6-2)10(3)8-7-9-13-4/h10-12H,5-9H2,1-4H3. The second-order valence-corrected chi connectivity index (χ2v) is 4.67. The highest BCUT2D eigenvalue weighted by atomic mass is 32.2. The van der Waals surface area contributed by atoms with E-state index in [9.17, 15) is 0 Å². The summed E-state index contributed by atoms with van der Waals surface area (Å²) < 4.78 is 0. The summed E-state index contributed by atoms with van der Waals surface area (Å²) in [6.07, 6.45) is 6.18. The van der Waals surface area contributed by atoms with Gasteiger partial charge in [-0.25, -0.2) is 0 Å². The van der Waals surface area contributed by atoms with Crippen molar-refractivity contribution in [3.8, 4) is 0 Å². The third-order valence-corrected chi connectivity index (χ3v) is 3.30. The third-order valence-electron chi connectivity index (χ3n) is 2.60. The van der Waals surface area contributed by atoms with Crippen molar-refractivity contribution in [3.63, 3.8) is 0 Å². The van der Waals surface area contributed by atoms with E-state index in [0.717, 1.165) is 18.5 Å². The molecule has 0 aromatic carbocycles. The van der Waals surface area contributed by atoms with Crippen LogP contribution >= 0.6 is 11.8 Å². The zero-order valence-corrected chi connectivity index (χ0v) is 10.4. The van der Waals surface area contributed by atoms with Gasteiger partial charge < -0.3 is 5.32 Å². The molecule has 0 spiro atoms. The normalized spacial score (nSPS) is 15.7. The van der Waals surface area contributed by atoms with Crippen molar-refractivity contribution in [2.24, 2.45) is 5.92 Å². The number of rotatable bonds is 8. The lowest BCUT2D eigenvalue weighted by molar-refractivity contribution is 0.352. The van der Waals surface area contributed by atoms with Crippen molar-refractivity contribution in [1.29, 1.82) is 0 Å². The van der Waals surface area contributed by atoms with E-state index in [2.05, 4.69) is 32.3 Å². The van der Waals surface area contributed by atoms with Crippen LogP contribution < -0.4 is 5.32 Å². The summed E-state index contributed by atoms with van der Waals surface area (Å²) >= 11 is 1.96. The van der Waals surface area contributed by atoms with Crippen LogP contribution in [0, 0.1) is 5.92 Å². The molecule has 13 heavy (non-hydrogen) atoms. The van der Waals surface area contributed by atoms with Crippen LogP contribution in [0.3, 0.4) is 0 Å². The van der Waals surface area contributed by atoms with Crippen LogP contribution in [-0.2, 0) is 0 Å². The predicted octanol–water partition coefficient (Wildman–Crippen LogP) is 3.15. The van der Waals surface area contributed by atoms with E-state index >= 15 is 0 Å². The van der Waals surface area contributed by atoms with Crippen LogP contribution in [0.2, 0.25) is 0 Å². The van der Waals surface area contributed by atoms with Crippen molar-refractivity contribution < 1.29 is 0 Å². The summed E-state index contributed by atoms with van der Waals surface area (Å²) in [5, 5.41) is 3.55. The Kier molecular flexibility index (Phi) is 9.10. The maximum Gasteiger partial charge on any atom is 0.00899 e. The average molecular weight is 203 g/mol. The lowest BCUT2D eigenvalue weighted by Crippen LogP contribution is -2.34. The summed E-state index contributed by atoms with van der Waals surface area (Å²) in [6.45, 7) is 7.94. The first-order chi connectivity index (χ1) is 6.26. The van der Waals surface area contributed by atoms with Gasteiger partial charge in [0.2, 0.25) is 0 Å². The first-order valence-electron chi connectivity index (χ1n) is 5.48. The van der Waals surface area contributed by atoms with Gasteiger partial charge in [0.25, 0.3) is 0 Å². The minimum Gasteiger partial charge on any atom is -0.314 e. The highest BCUT2D eigenvalue weighted by Crippen LogP contribution is 2.14. The van der Waals surface area contributed by atoms with E-state index in [0.29, 0.717) is 0 Å². The molecule has 0 heterocycles. The zero-order valence-electron chi connectivity index (χ0n) is 9.60. The maximum atomic E-state index is 3.55. The predicted molar refractivity (Wildman–Crippen MR) is 64.5 cm³/mol. The van der Waals surface area contributed by atoms with Gasteiger partial charge in [0.05, 0.1) is 0 Å². The van der Waals surface area contributed by atoms with Crippen LogP contribution in [-0.4, -0.2) is 24.6 Å². The topological polar surface area (TPSA) is 12.0 Å². The number of hydrogen-bond donors (Lipinski definition) is 1. The zero-order chi connectivity index (χ0) is 10.1. The molecule has 0 saturated heterocycles. The number of hydrogen-bond acceptors (Lipinski definition) is 2. The first-order valence-corrected chi connectivity index (χ1v) is 6.87. The molecule has 2 unspecified atom stereocenters. The molecule has 0 aliphatic rings. The molecule has 1 N–H and O–H groups in total. The van der Waals surface area contributed by atoms with Crippen LogP contribution in [0.4, 0.5) is 0 Å². The summed E-state index contributed by atoms with van der Waals surface area (Å²) in [7, 11) is 0. The number of thioether (sulfide) groups is 1. The average Bonchev–Trinajstić information content (AvgIpc) is 2.14. The Hall–Kier alpha value is 0.310. The Morgan fingerprint density at radius 2 is 2.00 bits per heavy atom. The Morgan fingerprint density at radius 3 is 2.46 bits per heavy atom. The lowest BCUT2D eigenvalue weighted by atomic mass is 9.95. The van der Waals surface area contributed by atoms with Crippen molar-refractivity contribution in [2.45, 2.75) is 46.1 Å². The maximum absolute atomic E-state index is 3.55. The lowest BCUT2D eigenvalue weighted by Gasteiger charge is -2.23. The molecule has 1 nitrogen and oxygen atoms in total. The minimum atomic E-state index is 0.729. The van der Waals surface area contributed by atoms with Gasteiger partial charge in [-0.05, 0) is 43.7 Å². The molecular weight excluding hydrogens is 178 g/mol. The van der Waals surface area contributed by atoms with Gasteiger partial charge in [-0.15, -0.1) is 0 Å². The largest absolute Gasteiger partial charge is 0.314 e. The van der Waals surface area contributed by atoms with Crippen LogP contribution in [0.1, 0.15) is 40.0 Å². The molecule has 80 valence electrons. The van der Waals surface area contributed by atoms with Crippen molar-refractivity contribution in [2.75, 3.05) is 18.6 Å². The van der Waals surface area contributed by atoms with E-state index in [1.54, 1.807) is 0 Å². The van der Waals surface area contributed by atoms with Crippen molar-refractivity contribution in [1.82, 2.24) is 5.32 Å². The van der Waals surface area contributed by atoms with Gasteiger partial charge in [0.1, 0.15) is 0 Å². The molecule has 0 saturated carbocycles. The second kappa shape index (κ2) is 8.89. The van der Waals surface area contributed by atoms with Crippen LogP contribution in [0.5, 0.6) is 0 Å². The fourth-order valence-electron chi connectivity index (χ4n) is 1.76. The van der Waals surface area contributed by atoms with Crippen molar-refractivity contribution >= 4 is 11.8 Å². The summed E-state index contributed by atoms with van der Waals surface area (Å²) in [5.74, 6) is 2.14. The molecular formula is C11H25NS. The highest BCUT2D eigenvalue weighted by molar-refractivity contribution is 7.98. The SMILES string of the molecule is CCNC(CC)C(C)CCCSC. The molecule has 0 aliphatic heterocycles. The molecule has 0 fully saturated rings. The Morgan fingerprint density at radius 1 is 1.31 bits per heavy atom. The molecule has 0 aromatic heterocycles. The molecule has 0 aromatic rings. The molecule has 0 rings (SSSR count).